The molecule has 2 aliphatic rings. The van der Waals surface area contributed by atoms with Gasteiger partial charge in [0.05, 0.1) is 5.69 Å². The maximum Gasteiger partial charge on any atom is 0.291 e. The zero-order valence-corrected chi connectivity index (χ0v) is 19.5. The number of carbonyl (C=O) groups excluding carboxylic acids is 2. The summed E-state index contributed by atoms with van der Waals surface area (Å²) < 4.78 is 29.4. The summed E-state index contributed by atoms with van der Waals surface area (Å²) in [5, 5.41) is 18.0. The van der Waals surface area contributed by atoms with Crippen molar-refractivity contribution in [3.05, 3.63) is 33.3 Å². The largest absolute Gasteiger partial charge is 0.494 e. The van der Waals surface area contributed by atoms with Gasteiger partial charge >= 0.3 is 0 Å². The summed E-state index contributed by atoms with van der Waals surface area (Å²) in [5.41, 5.74) is -0.0202. The van der Waals surface area contributed by atoms with Crippen molar-refractivity contribution in [1.82, 2.24) is 24.4 Å². The normalized spacial score (nSPS) is 18.2. The highest BCUT2D eigenvalue weighted by atomic mass is 19.3. The molecule has 0 unspecified atom stereocenters. The molecule has 2 fully saturated rings. The zero-order valence-electron chi connectivity index (χ0n) is 19.5. The summed E-state index contributed by atoms with van der Waals surface area (Å²) in [6.07, 6.45) is 3.64. The van der Waals surface area contributed by atoms with E-state index < -0.39 is 29.2 Å². The standard InChI is InChI=1S/C23H29F2N5O4/c1-13(2)12-29-20-16(6-7-17(31)28-10-8-23(24,25)9-11-28)14(3)27-30(20)22(34)18(21(29)33)19(32)26-15-4-5-15/h6-7,13,15,33H,4-5,8-12H2,1-3H3,(H,26,32)/b7-6+. The number of aromatic hydroxyl groups is 1. The Bertz CT molecular complexity index is 1220. The van der Waals surface area contributed by atoms with Crippen LogP contribution in [0.3, 0.4) is 0 Å². The molecule has 4 rings (SSSR count). The van der Waals surface area contributed by atoms with Gasteiger partial charge in [-0.05, 0) is 31.8 Å². The molecule has 0 aromatic carbocycles. The number of halogens is 2. The van der Waals surface area contributed by atoms with E-state index in [4.69, 9.17) is 0 Å². The summed E-state index contributed by atoms with van der Waals surface area (Å²) in [4.78, 5) is 39.8. The molecular formula is C23H29F2N5O4. The summed E-state index contributed by atoms with van der Waals surface area (Å²) in [7, 11) is 0. The third-order valence-electron chi connectivity index (χ3n) is 6.11. The van der Waals surface area contributed by atoms with Crippen molar-refractivity contribution in [2.45, 2.75) is 65.0 Å². The molecule has 1 saturated carbocycles. The van der Waals surface area contributed by atoms with E-state index in [1.165, 1.54) is 21.6 Å². The first kappa shape index (κ1) is 23.9. The van der Waals surface area contributed by atoms with Crippen LogP contribution in [0.15, 0.2) is 10.9 Å². The number of alkyl halides is 2. The van der Waals surface area contributed by atoms with Crippen LogP contribution >= 0.6 is 0 Å². The van der Waals surface area contributed by atoms with Gasteiger partial charge in [0, 0.05) is 50.2 Å². The molecular weight excluding hydrogens is 448 g/mol. The molecule has 3 heterocycles. The molecule has 0 spiro atoms. The predicted octanol–water partition coefficient (Wildman–Crippen LogP) is 2.33. The second-order valence-electron chi connectivity index (χ2n) is 9.51. The van der Waals surface area contributed by atoms with Crippen LogP contribution in [0.25, 0.3) is 11.7 Å². The third-order valence-corrected chi connectivity index (χ3v) is 6.11. The number of aromatic nitrogens is 3. The van der Waals surface area contributed by atoms with E-state index in [0.717, 1.165) is 17.4 Å². The molecule has 11 heteroatoms. The SMILES string of the molecule is Cc1nn2c(=O)c(C(=O)NC3CC3)c(O)n(CC(C)C)c2c1/C=C/C(=O)N1CCC(F)(F)CC1. The van der Waals surface area contributed by atoms with Crippen LogP contribution < -0.4 is 10.9 Å². The molecule has 34 heavy (non-hydrogen) atoms. The number of fused-ring (bicyclic) bond motifs is 1. The van der Waals surface area contributed by atoms with Crippen LogP contribution in [0.4, 0.5) is 8.78 Å². The first-order valence-electron chi connectivity index (χ1n) is 11.5. The lowest BCUT2D eigenvalue weighted by Gasteiger charge is -2.30. The molecule has 0 bridgehead atoms. The van der Waals surface area contributed by atoms with Crippen molar-refractivity contribution < 1.29 is 23.5 Å². The maximum absolute atomic E-state index is 13.4. The number of nitrogens with one attached hydrogen (secondary N) is 1. The average Bonchev–Trinajstić information content (AvgIpc) is 3.50. The topological polar surface area (TPSA) is 109 Å². The Morgan fingerprint density at radius 2 is 1.91 bits per heavy atom. The van der Waals surface area contributed by atoms with Gasteiger partial charge in [-0.3, -0.25) is 19.0 Å². The average molecular weight is 478 g/mol. The summed E-state index contributed by atoms with van der Waals surface area (Å²) in [6, 6.07) is -0.000790. The first-order chi connectivity index (χ1) is 16.0. The molecule has 2 aromatic heterocycles. The number of carbonyl (C=O) groups is 2. The van der Waals surface area contributed by atoms with Gasteiger partial charge < -0.3 is 15.3 Å². The number of aryl methyl sites for hydroxylation is 1. The van der Waals surface area contributed by atoms with Gasteiger partial charge in [-0.25, -0.2) is 8.78 Å². The fourth-order valence-electron chi connectivity index (χ4n) is 4.10. The van der Waals surface area contributed by atoms with Gasteiger partial charge in [0.25, 0.3) is 17.4 Å². The number of amides is 2. The third kappa shape index (κ3) is 4.69. The number of rotatable bonds is 6. The lowest BCUT2D eigenvalue weighted by atomic mass is 10.1. The quantitative estimate of drug-likeness (QED) is 0.621. The number of nitrogens with zero attached hydrogens (tertiary/aromatic N) is 4. The Kier molecular flexibility index (Phi) is 6.22. The highest BCUT2D eigenvalue weighted by molar-refractivity contribution is 5.97. The molecule has 2 N–H and O–H groups in total. The minimum atomic E-state index is -2.76. The number of hydrogen-bond acceptors (Lipinski definition) is 5. The summed E-state index contributed by atoms with van der Waals surface area (Å²) in [6.45, 7) is 5.71. The predicted molar refractivity (Wildman–Crippen MR) is 121 cm³/mol. The van der Waals surface area contributed by atoms with Gasteiger partial charge in [-0.15, -0.1) is 0 Å². The fourth-order valence-corrected chi connectivity index (χ4v) is 4.10. The monoisotopic (exact) mass is 477 g/mol. The smallest absolute Gasteiger partial charge is 0.291 e. The van der Waals surface area contributed by atoms with Gasteiger partial charge in [-0.2, -0.15) is 9.61 Å². The van der Waals surface area contributed by atoms with E-state index in [0.29, 0.717) is 17.8 Å². The van der Waals surface area contributed by atoms with Crippen molar-refractivity contribution in [3.8, 4) is 5.88 Å². The summed E-state index contributed by atoms with van der Waals surface area (Å²) in [5.74, 6) is -4.22. The van der Waals surface area contributed by atoms with Crippen molar-refractivity contribution in [2.75, 3.05) is 13.1 Å². The van der Waals surface area contributed by atoms with Crippen molar-refractivity contribution in [3.63, 3.8) is 0 Å². The van der Waals surface area contributed by atoms with E-state index in [1.54, 1.807) is 6.92 Å². The fraction of sp³-hybridized carbons (Fsp3) is 0.565. The highest BCUT2D eigenvalue weighted by Crippen LogP contribution is 2.29. The van der Waals surface area contributed by atoms with E-state index >= 15 is 0 Å². The highest BCUT2D eigenvalue weighted by Gasteiger charge is 2.35. The lowest BCUT2D eigenvalue weighted by molar-refractivity contribution is -0.132. The van der Waals surface area contributed by atoms with E-state index in [9.17, 15) is 28.3 Å². The minimum absolute atomic E-state index is 0.000790. The van der Waals surface area contributed by atoms with Crippen molar-refractivity contribution in [2.24, 2.45) is 5.92 Å². The summed E-state index contributed by atoms with van der Waals surface area (Å²) >= 11 is 0. The maximum atomic E-state index is 13.4. The van der Waals surface area contributed by atoms with Crippen LogP contribution in [-0.2, 0) is 11.3 Å². The van der Waals surface area contributed by atoms with Gasteiger partial charge in [-0.1, -0.05) is 13.8 Å². The minimum Gasteiger partial charge on any atom is -0.494 e. The molecule has 2 amide bonds. The molecule has 0 atom stereocenters. The van der Waals surface area contributed by atoms with Crippen LogP contribution in [0.2, 0.25) is 0 Å². The Morgan fingerprint density at radius 3 is 2.50 bits per heavy atom. The van der Waals surface area contributed by atoms with Crippen LogP contribution in [0.5, 0.6) is 5.88 Å². The first-order valence-corrected chi connectivity index (χ1v) is 11.5. The molecule has 1 aliphatic heterocycles. The molecule has 1 saturated heterocycles. The molecule has 0 radical (unpaired) electrons. The van der Waals surface area contributed by atoms with Gasteiger partial charge in [0.2, 0.25) is 11.8 Å². The van der Waals surface area contributed by atoms with E-state index in [2.05, 4.69) is 10.4 Å². The van der Waals surface area contributed by atoms with Crippen LogP contribution in [0, 0.1) is 12.8 Å². The lowest BCUT2D eigenvalue weighted by Crippen LogP contribution is -2.42. The zero-order chi connectivity index (χ0) is 24.8. The number of piperidine rings is 1. The van der Waals surface area contributed by atoms with E-state index in [1.807, 2.05) is 13.8 Å². The molecule has 1 aliphatic carbocycles. The number of hydrogen-bond donors (Lipinski definition) is 2. The number of likely N-dealkylation sites (tertiary alicyclic amines) is 1. The second kappa shape index (κ2) is 8.84. The van der Waals surface area contributed by atoms with Gasteiger partial charge in [0.1, 0.15) is 5.65 Å². The Hall–Kier alpha value is -3.24. The molecule has 184 valence electrons. The Morgan fingerprint density at radius 1 is 1.26 bits per heavy atom. The molecule has 2 aromatic rings. The second-order valence-corrected chi connectivity index (χ2v) is 9.51. The van der Waals surface area contributed by atoms with Crippen LogP contribution in [0.1, 0.15) is 61.1 Å². The Balaban J connectivity index is 1.75. The molecule has 9 nitrogen and oxygen atoms in total. The van der Waals surface area contributed by atoms with Crippen molar-refractivity contribution >= 4 is 23.5 Å². The van der Waals surface area contributed by atoms with E-state index in [-0.39, 0.29) is 49.1 Å². The Labute approximate surface area is 195 Å². The van der Waals surface area contributed by atoms with Gasteiger partial charge in [0.15, 0.2) is 5.56 Å². The van der Waals surface area contributed by atoms with Crippen LogP contribution in [-0.4, -0.2) is 61.1 Å². The van der Waals surface area contributed by atoms with Crippen molar-refractivity contribution in [1.29, 1.82) is 0 Å².